The van der Waals surface area contributed by atoms with Gasteiger partial charge in [-0.25, -0.2) is 23.5 Å². The van der Waals surface area contributed by atoms with Crippen LogP contribution in [0, 0.1) is 11.6 Å². The number of aromatic nitrogens is 3. The van der Waals surface area contributed by atoms with Gasteiger partial charge in [-0.15, -0.1) is 0 Å². The molecule has 208 valence electrons. The van der Waals surface area contributed by atoms with Crippen LogP contribution in [0.15, 0.2) is 66.9 Å². The van der Waals surface area contributed by atoms with E-state index < -0.39 is 35.3 Å². The Hall–Kier alpha value is -4.34. The number of benzene rings is 2. The molecule has 4 aromatic rings. The number of rotatable bonds is 8. The summed E-state index contributed by atoms with van der Waals surface area (Å²) in [5.41, 5.74) is 1.33. The van der Waals surface area contributed by atoms with Crippen LogP contribution in [0.5, 0.6) is 0 Å². The third-order valence-corrected chi connectivity index (χ3v) is 6.83. The van der Waals surface area contributed by atoms with Gasteiger partial charge in [0.25, 0.3) is 0 Å². The van der Waals surface area contributed by atoms with Gasteiger partial charge in [-0.1, -0.05) is 42.5 Å². The molecule has 8 nitrogen and oxygen atoms in total. The van der Waals surface area contributed by atoms with Crippen LogP contribution in [0.1, 0.15) is 50.6 Å². The summed E-state index contributed by atoms with van der Waals surface area (Å²) in [7, 11) is 0. The number of hydrogen-bond acceptors (Lipinski definition) is 5. The van der Waals surface area contributed by atoms with Crippen molar-refractivity contribution in [3.05, 3.63) is 95.4 Å². The molecule has 2 N–H and O–H groups in total. The fraction of sp³-hybridized carbons (Fsp3) is 0.333. The molecule has 0 spiro atoms. The van der Waals surface area contributed by atoms with Crippen molar-refractivity contribution in [2.75, 3.05) is 0 Å². The molecule has 2 amide bonds. The zero-order valence-electron chi connectivity index (χ0n) is 22.6. The maximum absolute atomic E-state index is 14.5. The van der Waals surface area contributed by atoms with E-state index >= 15 is 0 Å². The van der Waals surface area contributed by atoms with E-state index in [-0.39, 0.29) is 24.1 Å². The summed E-state index contributed by atoms with van der Waals surface area (Å²) in [6, 6.07) is 16.2. The zero-order valence-corrected chi connectivity index (χ0v) is 22.6. The number of hydrogen-bond donors (Lipinski definition) is 2. The minimum atomic E-state index is -1.23. The normalized spacial score (nSPS) is 14.9. The van der Waals surface area contributed by atoms with Crippen LogP contribution in [0.2, 0.25) is 0 Å². The highest BCUT2D eigenvalue weighted by atomic mass is 19.2. The number of nitrogens with zero attached hydrogens (tertiary/aromatic N) is 3. The van der Waals surface area contributed by atoms with Gasteiger partial charge >= 0.3 is 6.09 Å². The molecule has 0 unspecified atom stereocenters. The molecule has 0 radical (unpaired) electrons. The molecule has 1 fully saturated rings. The van der Waals surface area contributed by atoms with E-state index in [2.05, 4.69) is 32.3 Å². The van der Waals surface area contributed by atoms with Crippen LogP contribution in [0.4, 0.5) is 13.6 Å². The summed E-state index contributed by atoms with van der Waals surface area (Å²) < 4.78 is 35.7. The Labute approximate surface area is 230 Å². The summed E-state index contributed by atoms with van der Waals surface area (Å²) in [4.78, 5) is 35.3. The Morgan fingerprint density at radius 3 is 2.50 bits per heavy atom. The zero-order chi connectivity index (χ0) is 28.5. The van der Waals surface area contributed by atoms with Gasteiger partial charge in [-0.2, -0.15) is 0 Å². The molecule has 10 heteroatoms. The second-order valence-electron chi connectivity index (χ2n) is 10.9. The number of halogens is 2. The summed E-state index contributed by atoms with van der Waals surface area (Å²) in [6.45, 7) is 5.09. The van der Waals surface area contributed by atoms with E-state index in [4.69, 9.17) is 9.72 Å². The molecule has 1 saturated carbocycles. The predicted octanol–water partition coefficient (Wildman–Crippen LogP) is 5.00. The quantitative estimate of drug-likeness (QED) is 0.324. The Morgan fingerprint density at radius 1 is 1.05 bits per heavy atom. The van der Waals surface area contributed by atoms with Crippen molar-refractivity contribution in [2.24, 2.45) is 0 Å². The Morgan fingerprint density at radius 2 is 1.80 bits per heavy atom. The summed E-state index contributed by atoms with van der Waals surface area (Å²) >= 11 is 0. The Kier molecular flexibility index (Phi) is 7.27. The second kappa shape index (κ2) is 10.7. The second-order valence-corrected chi connectivity index (χ2v) is 10.9. The summed E-state index contributed by atoms with van der Waals surface area (Å²) in [6.07, 6.45) is 2.37. The van der Waals surface area contributed by atoms with Gasteiger partial charge in [0.15, 0.2) is 17.3 Å². The third-order valence-electron chi connectivity index (χ3n) is 6.83. The number of carbonyl (C=O) groups excluding carboxylic acids is 2. The minimum absolute atomic E-state index is 0.0297. The molecule has 2 aromatic carbocycles. The number of ether oxygens (including phenoxy) is 1. The Balaban J connectivity index is 1.42. The van der Waals surface area contributed by atoms with Crippen LogP contribution in [0.3, 0.4) is 0 Å². The van der Waals surface area contributed by atoms with Crippen molar-refractivity contribution >= 4 is 23.2 Å². The Bertz CT molecular complexity index is 1540. The first-order chi connectivity index (χ1) is 19.1. The highest BCUT2D eigenvalue weighted by Gasteiger charge is 2.48. The fourth-order valence-electron chi connectivity index (χ4n) is 4.91. The summed E-state index contributed by atoms with van der Waals surface area (Å²) in [5, 5.41) is 5.35. The fourth-order valence-corrected chi connectivity index (χ4v) is 4.91. The lowest BCUT2D eigenvalue weighted by Gasteiger charge is -2.24. The van der Waals surface area contributed by atoms with Gasteiger partial charge in [0.2, 0.25) is 5.91 Å². The largest absolute Gasteiger partial charge is 0.444 e. The highest BCUT2D eigenvalue weighted by Crippen LogP contribution is 2.51. The topological polar surface area (TPSA) is 98.1 Å². The van der Waals surface area contributed by atoms with Crippen molar-refractivity contribution in [2.45, 2.75) is 63.8 Å². The molecule has 0 aliphatic heterocycles. The maximum Gasteiger partial charge on any atom is 0.408 e. The average molecular weight is 548 g/mol. The maximum atomic E-state index is 14.5. The van der Waals surface area contributed by atoms with Crippen molar-refractivity contribution in [1.82, 2.24) is 25.2 Å². The molecule has 1 aliphatic carbocycles. The molecule has 5 rings (SSSR count). The van der Waals surface area contributed by atoms with Gasteiger partial charge in [0, 0.05) is 12.6 Å². The van der Waals surface area contributed by atoms with E-state index in [0.29, 0.717) is 17.0 Å². The van der Waals surface area contributed by atoms with Crippen molar-refractivity contribution < 1.29 is 23.1 Å². The molecule has 0 bridgehead atoms. The molecule has 40 heavy (non-hydrogen) atoms. The van der Waals surface area contributed by atoms with E-state index in [1.807, 2.05) is 24.3 Å². The predicted molar refractivity (Wildman–Crippen MR) is 145 cm³/mol. The van der Waals surface area contributed by atoms with Gasteiger partial charge in [-0.3, -0.25) is 4.79 Å². The van der Waals surface area contributed by atoms with Crippen LogP contribution in [-0.2, 0) is 28.0 Å². The number of pyridine rings is 1. The van der Waals surface area contributed by atoms with E-state index in [1.54, 1.807) is 33.0 Å². The smallest absolute Gasteiger partial charge is 0.408 e. The lowest BCUT2D eigenvalue weighted by atomic mass is 10.0. The van der Waals surface area contributed by atoms with Crippen molar-refractivity contribution in [1.29, 1.82) is 0 Å². The minimum Gasteiger partial charge on any atom is -0.444 e. The lowest BCUT2D eigenvalue weighted by molar-refractivity contribution is -0.123. The van der Waals surface area contributed by atoms with Crippen LogP contribution in [-0.4, -0.2) is 38.2 Å². The number of fused-ring (bicyclic) bond motifs is 1. The van der Waals surface area contributed by atoms with Gasteiger partial charge in [-0.05, 0) is 62.9 Å². The molecule has 1 aliphatic rings. The number of nitrogens with one attached hydrogen (secondary N) is 2. The van der Waals surface area contributed by atoms with Crippen molar-refractivity contribution in [3.8, 4) is 0 Å². The van der Waals surface area contributed by atoms with Crippen molar-refractivity contribution in [3.63, 3.8) is 0 Å². The highest BCUT2D eigenvalue weighted by molar-refractivity contribution is 5.86. The standard InChI is InChI=1S/C30H31F2N5O3/c1-29(2,3)40-28(39)36-23(17-19-9-7-12-21(31)25(19)32)27(38)34-18-24-35-22-13-8-16-33-26(22)37(24)30(14-15-30)20-10-5-4-6-11-20/h4-13,16,23H,14-15,17-18H2,1-3H3,(H,34,38)(H,36,39)/t23-/m1/s1. The van der Waals surface area contributed by atoms with Crippen LogP contribution in [0.25, 0.3) is 11.2 Å². The van der Waals surface area contributed by atoms with Gasteiger partial charge < -0.3 is 19.9 Å². The van der Waals surface area contributed by atoms with Crippen LogP contribution < -0.4 is 10.6 Å². The SMILES string of the molecule is CC(C)(C)OC(=O)N[C@H](Cc1cccc(F)c1F)C(=O)NCc1nc2cccnc2n1C1(c2ccccc2)CC1. The van der Waals surface area contributed by atoms with E-state index in [9.17, 15) is 18.4 Å². The molecule has 1 atom stereocenters. The number of carbonyl (C=O) groups is 2. The van der Waals surface area contributed by atoms with E-state index in [1.165, 1.54) is 12.1 Å². The van der Waals surface area contributed by atoms with Gasteiger partial charge in [0.1, 0.15) is 23.0 Å². The monoisotopic (exact) mass is 547 g/mol. The average Bonchev–Trinajstić information content (AvgIpc) is 3.63. The van der Waals surface area contributed by atoms with Crippen LogP contribution >= 0.6 is 0 Å². The number of imidazole rings is 1. The molecular weight excluding hydrogens is 516 g/mol. The third kappa shape index (κ3) is 5.66. The first-order valence-electron chi connectivity index (χ1n) is 13.2. The molecule has 2 heterocycles. The summed E-state index contributed by atoms with van der Waals surface area (Å²) in [5.74, 6) is -2.11. The molecular formula is C30H31F2N5O3. The van der Waals surface area contributed by atoms with Gasteiger partial charge in [0.05, 0.1) is 12.1 Å². The number of amides is 2. The molecule has 0 saturated heterocycles. The first-order valence-corrected chi connectivity index (χ1v) is 13.2. The van der Waals surface area contributed by atoms with E-state index in [0.717, 1.165) is 24.5 Å². The molecule has 2 aromatic heterocycles. The lowest BCUT2D eigenvalue weighted by Crippen LogP contribution is -2.49. The first kappa shape index (κ1) is 27.2. The number of alkyl carbamates (subject to hydrolysis) is 1.